The molecule has 0 bridgehead atoms. The van der Waals surface area contributed by atoms with Gasteiger partial charge in [-0.05, 0) is 144 Å². The summed E-state index contributed by atoms with van der Waals surface area (Å²) < 4.78 is 0. The van der Waals surface area contributed by atoms with Crippen LogP contribution < -0.4 is 5.73 Å². The van der Waals surface area contributed by atoms with Crippen LogP contribution in [0.4, 0.5) is 0 Å². The number of nitrogens with zero attached hydrogens (tertiary/aromatic N) is 1. The van der Waals surface area contributed by atoms with Gasteiger partial charge in [0, 0.05) is 13.1 Å². The highest BCUT2D eigenvalue weighted by molar-refractivity contribution is 6.12. The normalized spacial score (nSPS) is 13.4. The molecule has 1 aliphatic heterocycles. The van der Waals surface area contributed by atoms with Crippen LogP contribution in [-0.2, 0) is 34.7 Å². The fourth-order valence-electron chi connectivity index (χ4n) is 9.81. The Labute approximate surface area is 394 Å². The Hall–Kier alpha value is -6.45. The minimum atomic E-state index is 0.0279. The van der Waals surface area contributed by atoms with Crippen LogP contribution in [0.2, 0.25) is 0 Å². The fourth-order valence-corrected chi connectivity index (χ4v) is 9.81. The van der Waals surface area contributed by atoms with E-state index in [0.29, 0.717) is 13.1 Å². The van der Waals surface area contributed by atoms with Gasteiger partial charge in [-0.1, -0.05) is 217 Å². The van der Waals surface area contributed by atoms with Gasteiger partial charge in [0.1, 0.15) is 0 Å². The van der Waals surface area contributed by atoms with Gasteiger partial charge in [0.15, 0.2) is 5.96 Å². The standard InChI is InChI=1S/C63H67N3/c1-60(2,3)47-29-45(30-48(35-47)61(4,5)6)39-21-25-41(26-22-39)53-33-43-17-13-15-19-51(43)57-55(53)37-66(59(64)65)38-56-54(34-44-18-14-16-20-52(44)58(56)57)42-27-23-40(24-28-42)46-31-49(62(7,8)9)36-50(32-46)63(10,11)12/h13-36H,37-38H2,1-12H3,(H3,64,65). The molecule has 3 nitrogen and oxygen atoms in total. The van der Waals surface area contributed by atoms with Crippen LogP contribution in [0, 0.1) is 5.41 Å². The van der Waals surface area contributed by atoms with Crippen LogP contribution >= 0.6 is 0 Å². The summed E-state index contributed by atoms with van der Waals surface area (Å²) in [5.74, 6) is 0.0690. The zero-order valence-corrected chi connectivity index (χ0v) is 41.3. The molecule has 66 heavy (non-hydrogen) atoms. The van der Waals surface area contributed by atoms with Crippen LogP contribution in [0.25, 0.3) is 77.2 Å². The minimum Gasteiger partial charge on any atom is -0.370 e. The summed E-state index contributed by atoms with van der Waals surface area (Å²) >= 11 is 0. The first-order valence-corrected chi connectivity index (χ1v) is 23.8. The zero-order chi connectivity index (χ0) is 47.1. The van der Waals surface area contributed by atoms with E-state index in [4.69, 9.17) is 11.1 Å². The number of benzene rings is 8. The molecule has 0 saturated heterocycles. The molecule has 0 radical (unpaired) electrons. The highest BCUT2D eigenvalue weighted by atomic mass is 15.2. The van der Waals surface area contributed by atoms with Crippen LogP contribution in [0.3, 0.4) is 0 Å². The number of hydrogen-bond acceptors (Lipinski definition) is 1. The Bertz CT molecular complexity index is 2900. The molecule has 1 heterocycles. The molecule has 0 spiro atoms. The van der Waals surface area contributed by atoms with E-state index in [0.717, 1.165) is 11.1 Å². The number of rotatable bonds is 4. The second kappa shape index (κ2) is 16.2. The van der Waals surface area contributed by atoms with E-state index in [1.165, 1.54) is 99.4 Å². The van der Waals surface area contributed by atoms with Gasteiger partial charge in [-0.2, -0.15) is 0 Å². The first kappa shape index (κ1) is 44.7. The molecule has 0 fully saturated rings. The zero-order valence-electron chi connectivity index (χ0n) is 41.3. The van der Waals surface area contributed by atoms with Gasteiger partial charge in [0.25, 0.3) is 0 Å². The van der Waals surface area contributed by atoms with Gasteiger partial charge >= 0.3 is 0 Å². The summed E-state index contributed by atoms with van der Waals surface area (Å²) in [4.78, 5) is 2.06. The van der Waals surface area contributed by atoms with E-state index < -0.39 is 0 Å². The number of nitrogens with one attached hydrogen (secondary N) is 1. The maximum Gasteiger partial charge on any atom is 0.188 e. The van der Waals surface area contributed by atoms with Gasteiger partial charge in [-0.15, -0.1) is 0 Å². The van der Waals surface area contributed by atoms with Crippen molar-refractivity contribution in [2.75, 3.05) is 0 Å². The fraction of sp³-hybridized carbons (Fsp3) is 0.286. The molecule has 334 valence electrons. The molecular formula is C63H67N3. The average Bonchev–Trinajstić information content (AvgIpc) is 3.46. The molecule has 1 aliphatic rings. The molecule has 8 aromatic carbocycles. The van der Waals surface area contributed by atoms with Crippen molar-refractivity contribution in [3.8, 4) is 55.6 Å². The van der Waals surface area contributed by atoms with Gasteiger partial charge in [-0.25, -0.2) is 0 Å². The topological polar surface area (TPSA) is 53.1 Å². The lowest BCUT2D eigenvalue weighted by molar-refractivity contribution is 0.405. The summed E-state index contributed by atoms with van der Waals surface area (Å²) in [6, 6.07) is 55.0. The van der Waals surface area contributed by atoms with Crippen molar-refractivity contribution in [1.29, 1.82) is 5.41 Å². The summed E-state index contributed by atoms with van der Waals surface area (Å²) in [6.45, 7) is 28.6. The second-order valence-corrected chi connectivity index (χ2v) is 23.0. The van der Waals surface area contributed by atoms with Crippen molar-refractivity contribution >= 4 is 27.5 Å². The molecule has 0 amide bonds. The van der Waals surface area contributed by atoms with Crippen molar-refractivity contribution in [3.05, 3.63) is 179 Å². The molecule has 0 aliphatic carbocycles. The van der Waals surface area contributed by atoms with Crippen LogP contribution in [0.5, 0.6) is 0 Å². The maximum atomic E-state index is 9.04. The number of fused-ring (bicyclic) bond motifs is 7. The summed E-state index contributed by atoms with van der Waals surface area (Å²) in [7, 11) is 0. The Morgan fingerprint density at radius 1 is 0.394 bits per heavy atom. The molecular weight excluding hydrogens is 799 g/mol. The largest absolute Gasteiger partial charge is 0.370 e. The van der Waals surface area contributed by atoms with E-state index in [9.17, 15) is 0 Å². The molecule has 0 unspecified atom stereocenters. The lowest BCUT2D eigenvalue weighted by atomic mass is 9.78. The lowest BCUT2D eigenvalue weighted by Gasteiger charge is -2.26. The third-order valence-electron chi connectivity index (χ3n) is 14.0. The van der Waals surface area contributed by atoms with E-state index in [-0.39, 0.29) is 27.6 Å². The average molecular weight is 866 g/mol. The molecule has 3 heteroatoms. The smallest absolute Gasteiger partial charge is 0.188 e. The quantitative estimate of drug-likeness (QED) is 0.137. The van der Waals surface area contributed by atoms with Crippen molar-refractivity contribution in [1.82, 2.24) is 4.90 Å². The first-order valence-electron chi connectivity index (χ1n) is 23.8. The van der Waals surface area contributed by atoms with E-state index in [2.05, 4.69) is 234 Å². The highest BCUT2D eigenvalue weighted by Crippen LogP contribution is 2.49. The SMILES string of the molecule is CC(C)(C)c1cc(-c2ccc(-c3cc4ccccc4c4c3CN(C(=N)N)Cc3c(-c5ccc(-c6cc(C(C)(C)C)cc(C(C)(C)C)c6)cc5)cc5ccccc5c3-4)cc2)cc(C(C)(C)C)c1. The summed E-state index contributed by atoms with van der Waals surface area (Å²) in [6.07, 6.45) is 0. The molecule has 0 atom stereocenters. The van der Waals surface area contributed by atoms with Crippen LogP contribution in [0.1, 0.15) is 116 Å². The maximum absolute atomic E-state index is 9.04. The van der Waals surface area contributed by atoms with Gasteiger partial charge < -0.3 is 10.6 Å². The highest BCUT2D eigenvalue weighted by Gasteiger charge is 2.30. The van der Waals surface area contributed by atoms with Crippen molar-refractivity contribution < 1.29 is 0 Å². The number of hydrogen-bond donors (Lipinski definition) is 2. The predicted molar refractivity (Wildman–Crippen MR) is 285 cm³/mol. The first-order chi connectivity index (χ1) is 31.0. The number of guanidine groups is 1. The minimum absolute atomic E-state index is 0.0279. The third kappa shape index (κ3) is 8.45. The van der Waals surface area contributed by atoms with Crippen molar-refractivity contribution in [2.45, 2.75) is 118 Å². The Morgan fingerprint density at radius 3 is 1.00 bits per heavy atom. The predicted octanol–water partition coefficient (Wildman–Crippen LogP) is 16.7. The Kier molecular flexibility index (Phi) is 11.0. The van der Waals surface area contributed by atoms with Gasteiger partial charge in [-0.3, -0.25) is 5.41 Å². The molecule has 9 rings (SSSR count). The van der Waals surface area contributed by atoms with Crippen molar-refractivity contribution in [2.24, 2.45) is 5.73 Å². The van der Waals surface area contributed by atoms with E-state index >= 15 is 0 Å². The van der Waals surface area contributed by atoms with E-state index in [1.807, 2.05) is 0 Å². The van der Waals surface area contributed by atoms with Gasteiger partial charge in [0.05, 0.1) is 0 Å². The second-order valence-electron chi connectivity index (χ2n) is 23.0. The van der Waals surface area contributed by atoms with Crippen molar-refractivity contribution in [3.63, 3.8) is 0 Å². The van der Waals surface area contributed by atoms with Crippen LogP contribution in [-0.4, -0.2) is 10.9 Å². The third-order valence-corrected chi connectivity index (χ3v) is 14.0. The molecule has 0 aromatic heterocycles. The molecule has 3 N–H and O–H groups in total. The monoisotopic (exact) mass is 866 g/mol. The van der Waals surface area contributed by atoms with Gasteiger partial charge in [0.2, 0.25) is 0 Å². The lowest BCUT2D eigenvalue weighted by Crippen LogP contribution is -2.35. The molecule has 8 aromatic rings. The number of nitrogens with two attached hydrogens (primary N) is 1. The Morgan fingerprint density at radius 2 is 0.697 bits per heavy atom. The summed E-state index contributed by atoms with van der Waals surface area (Å²) in [5.41, 5.74) is 26.5. The van der Waals surface area contributed by atoms with Crippen LogP contribution in [0.15, 0.2) is 146 Å². The van der Waals surface area contributed by atoms with E-state index in [1.54, 1.807) is 0 Å². The Balaban J connectivity index is 1.24. The molecule has 0 saturated carbocycles. The summed E-state index contributed by atoms with van der Waals surface area (Å²) in [5, 5.41) is 13.8.